The number of aryl methyl sites for hydroxylation is 1. The summed E-state index contributed by atoms with van der Waals surface area (Å²) < 4.78 is 15.6. The van der Waals surface area contributed by atoms with Crippen molar-refractivity contribution in [2.45, 2.75) is 26.3 Å². The summed E-state index contributed by atoms with van der Waals surface area (Å²) in [6.45, 7) is 3.79. The molecule has 0 bridgehead atoms. The van der Waals surface area contributed by atoms with Gasteiger partial charge in [-0.05, 0) is 43.4 Å². The second-order valence-corrected chi connectivity index (χ2v) is 6.91. The van der Waals surface area contributed by atoms with E-state index in [9.17, 15) is 4.39 Å². The van der Waals surface area contributed by atoms with E-state index in [0.29, 0.717) is 31.0 Å². The predicted octanol–water partition coefficient (Wildman–Crippen LogP) is 2.29. The highest BCUT2D eigenvalue weighted by Crippen LogP contribution is 2.06. The molecule has 0 spiro atoms. The number of nitrogens with zero attached hydrogens (tertiary/aromatic N) is 4. The van der Waals surface area contributed by atoms with Crippen LogP contribution in [0, 0.1) is 12.7 Å². The molecule has 0 saturated heterocycles. The molecule has 2 aromatic rings. The molecule has 26 heavy (non-hydrogen) atoms. The molecule has 1 aromatic carbocycles. The Morgan fingerprint density at radius 1 is 1.23 bits per heavy atom. The van der Waals surface area contributed by atoms with Crippen LogP contribution in [0.25, 0.3) is 0 Å². The van der Waals surface area contributed by atoms with Gasteiger partial charge in [-0.2, -0.15) is 11.8 Å². The third kappa shape index (κ3) is 6.33. The first-order valence-corrected chi connectivity index (χ1v) is 10.1. The molecule has 0 radical (unpaired) electrons. The summed E-state index contributed by atoms with van der Waals surface area (Å²) in [6, 6.07) is 6.85. The molecule has 0 unspecified atom stereocenters. The monoisotopic (exact) mass is 378 g/mol. The normalized spacial score (nSPS) is 11.6. The minimum Gasteiger partial charge on any atom is -0.356 e. The average molecular weight is 379 g/mol. The molecule has 0 saturated carbocycles. The number of rotatable bonds is 9. The van der Waals surface area contributed by atoms with E-state index in [4.69, 9.17) is 0 Å². The van der Waals surface area contributed by atoms with Gasteiger partial charge in [-0.3, -0.25) is 0 Å². The summed E-state index contributed by atoms with van der Waals surface area (Å²) in [4.78, 5) is 4.59. The average Bonchev–Trinajstić information content (AvgIpc) is 2.96. The number of thioether (sulfide) groups is 1. The van der Waals surface area contributed by atoms with E-state index in [1.54, 1.807) is 6.07 Å². The van der Waals surface area contributed by atoms with Gasteiger partial charge in [0.1, 0.15) is 18.2 Å². The van der Waals surface area contributed by atoms with Gasteiger partial charge in [0.15, 0.2) is 11.8 Å². The largest absolute Gasteiger partial charge is 0.356 e. The van der Waals surface area contributed by atoms with E-state index in [2.05, 4.69) is 32.1 Å². The van der Waals surface area contributed by atoms with Gasteiger partial charge >= 0.3 is 0 Å². The van der Waals surface area contributed by atoms with Crippen LogP contribution < -0.4 is 10.6 Å². The van der Waals surface area contributed by atoms with Gasteiger partial charge in [-0.25, -0.2) is 9.38 Å². The maximum atomic E-state index is 13.7. The van der Waals surface area contributed by atoms with E-state index in [-0.39, 0.29) is 5.82 Å². The Kier molecular flexibility index (Phi) is 8.40. The van der Waals surface area contributed by atoms with Crippen molar-refractivity contribution in [2.24, 2.45) is 12.0 Å². The SMILES string of the molecule is CSCCCNC(=NCc1nnc(C)n1C)NCCc1ccccc1F. The Bertz CT molecular complexity index is 715. The van der Waals surface area contributed by atoms with Crippen LogP contribution in [0.3, 0.4) is 0 Å². The first-order chi connectivity index (χ1) is 12.6. The molecule has 1 heterocycles. The molecule has 0 aliphatic rings. The lowest BCUT2D eigenvalue weighted by Crippen LogP contribution is -2.39. The van der Waals surface area contributed by atoms with Gasteiger partial charge < -0.3 is 15.2 Å². The van der Waals surface area contributed by atoms with E-state index in [1.807, 2.05) is 42.4 Å². The smallest absolute Gasteiger partial charge is 0.191 e. The van der Waals surface area contributed by atoms with Gasteiger partial charge in [-0.15, -0.1) is 10.2 Å². The number of halogens is 1. The standard InChI is InChI=1S/C18H27FN6S/c1-14-23-24-17(25(14)2)13-22-18(20-10-6-12-26-3)21-11-9-15-7-4-5-8-16(15)19/h4-5,7-8H,6,9-13H2,1-3H3,(H2,20,21,22). The van der Waals surface area contributed by atoms with E-state index in [0.717, 1.165) is 30.4 Å². The van der Waals surface area contributed by atoms with Crippen LogP contribution in [0.1, 0.15) is 23.6 Å². The molecule has 0 aliphatic carbocycles. The van der Waals surface area contributed by atoms with Gasteiger partial charge in [0, 0.05) is 20.1 Å². The first kappa shape index (κ1) is 20.2. The van der Waals surface area contributed by atoms with Crippen LogP contribution in [0.2, 0.25) is 0 Å². The molecule has 2 rings (SSSR count). The number of benzene rings is 1. The molecular weight excluding hydrogens is 351 g/mol. The highest BCUT2D eigenvalue weighted by atomic mass is 32.2. The second-order valence-electron chi connectivity index (χ2n) is 5.93. The third-order valence-corrected chi connectivity index (χ3v) is 4.72. The molecule has 0 atom stereocenters. The summed E-state index contributed by atoms with van der Waals surface area (Å²) in [7, 11) is 1.93. The summed E-state index contributed by atoms with van der Waals surface area (Å²) in [5.41, 5.74) is 0.700. The number of nitrogens with one attached hydrogen (secondary N) is 2. The van der Waals surface area contributed by atoms with Gasteiger partial charge in [0.2, 0.25) is 0 Å². The third-order valence-electron chi connectivity index (χ3n) is 4.02. The fourth-order valence-corrected chi connectivity index (χ4v) is 2.79. The molecule has 8 heteroatoms. The van der Waals surface area contributed by atoms with Crippen LogP contribution in [0.5, 0.6) is 0 Å². The Balaban J connectivity index is 1.92. The maximum Gasteiger partial charge on any atom is 0.191 e. The van der Waals surface area contributed by atoms with E-state index < -0.39 is 0 Å². The minimum absolute atomic E-state index is 0.171. The summed E-state index contributed by atoms with van der Waals surface area (Å²) in [5, 5.41) is 14.8. The van der Waals surface area contributed by atoms with Crippen molar-refractivity contribution < 1.29 is 4.39 Å². The minimum atomic E-state index is -0.171. The molecule has 0 amide bonds. The zero-order chi connectivity index (χ0) is 18.8. The van der Waals surface area contributed by atoms with Crippen LogP contribution in [0.15, 0.2) is 29.3 Å². The van der Waals surface area contributed by atoms with E-state index in [1.165, 1.54) is 6.07 Å². The van der Waals surface area contributed by atoms with Crippen molar-refractivity contribution in [3.8, 4) is 0 Å². The fraction of sp³-hybridized carbons (Fsp3) is 0.500. The number of aliphatic imine (C=N–C) groups is 1. The molecule has 6 nitrogen and oxygen atoms in total. The Morgan fingerprint density at radius 2 is 2.00 bits per heavy atom. The Morgan fingerprint density at radius 3 is 2.69 bits per heavy atom. The quantitative estimate of drug-likeness (QED) is 0.398. The number of hydrogen-bond acceptors (Lipinski definition) is 4. The van der Waals surface area contributed by atoms with Gasteiger partial charge in [0.25, 0.3) is 0 Å². The zero-order valence-electron chi connectivity index (χ0n) is 15.6. The van der Waals surface area contributed by atoms with Crippen molar-refractivity contribution >= 4 is 17.7 Å². The lowest BCUT2D eigenvalue weighted by molar-refractivity contribution is 0.606. The van der Waals surface area contributed by atoms with Crippen molar-refractivity contribution in [3.05, 3.63) is 47.3 Å². The van der Waals surface area contributed by atoms with Crippen molar-refractivity contribution in [2.75, 3.05) is 25.1 Å². The van der Waals surface area contributed by atoms with Crippen molar-refractivity contribution in [1.82, 2.24) is 25.4 Å². The summed E-state index contributed by atoms with van der Waals surface area (Å²) in [5.74, 6) is 3.30. The zero-order valence-corrected chi connectivity index (χ0v) is 16.4. The molecule has 0 aliphatic heterocycles. The molecule has 1 aromatic heterocycles. The summed E-state index contributed by atoms with van der Waals surface area (Å²) >= 11 is 1.82. The Hall–Kier alpha value is -2.09. The van der Waals surface area contributed by atoms with Gasteiger partial charge in [0.05, 0.1) is 0 Å². The molecular formula is C18H27FN6S. The Labute approximate surface area is 158 Å². The maximum absolute atomic E-state index is 13.7. The first-order valence-electron chi connectivity index (χ1n) is 8.71. The highest BCUT2D eigenvalue weighted by Gasteiger charge is 2.06. The van der Waals surface area contributed by atoms with Crippen LogP contribution in [-0.2, 0) is 20.0 Å². The predicted molar refractivity (Wildman–Crippen MR) is 106 cm³/mol. The van der Waals surface area contributed by atoms with Crippen molar-refractivity contribution in [3.63, 3.8) is 0 Å². The van der Waals surface area contributed by atoms with E-state index >= 15 is 0 Å². The number of hydrogen-bond donors (Lipinski definition) is 2. The lowest BCUT2D eigenvalue weighted by atomic mass is 10.1. The molecule has 0 fully saturated rings. The summed E-state index contributed by atoms with van der Waals surface area (Å²) in [6.07, 6.45) is 3.75. The second kappa shape index (κ2) is 10.8. The highest BCUT2D eigenvalue weighted by molar-refractivity contribution is 7.98. The topological polar surface area (TPSA) is 67.1 Å². The number of guanidine groups is 1. The van der Waals surface area contributed by atoms with Crippen LogP contribution >= 0.6 is 11.8 Å². The molecule has 2 N–H and O–H groups in total. The van der Waals surface area contributed by atoms with Crippen molar-refractivity contribution in [1.29, 1.82) is 0 Å². The fourth-order valence-electron chi connectivity index (χ4n) is 2.35. The van der Waals surface area contributed by atoms with Gasteiger partial charge in [-0.1, -0.05) is 18.2 Å². The van der Waals surface area contributed by atoms with Crippen LogP contribution in [-0.4, -0.2) is 45.8 Å². The molecule has 142 valence electrons. The van der Waals surface area contributed by atoms with Crippen LogP contribution in [0.4, 0.5) is 4.39 Å². The lowest BCUT2D eigenvalue weighted by Gasteiger charge is -2.13. The number of aromatic nitrogens is 3.